The molecule has 1 aromatic carbocycles. The van der Waals surface area contributed by atoms with Crippen LogP contribution in [0.1, 0.15) is 37.1 Å². The lowest BCUT2D eigenvalue weighted by Crippen LogP contribution is -2.31. The van der Waals surface area contributed by atoms with Gasteiger partial charge in [0.2, 0.25) is 11.6 Å². The molecule has 1 aliphatic carbocycles. The van der Waals surface area contributed by atoms with Crippen LogP contribution in [0.4, 0.5) is 11.5 Å². The van der Waals surface area contributed by atoms with Gasteiger partial charge in [0.1, 0.15) is 5.82 Å². The maximum Gasteiger partial charge on any atom is 0.243 e. The molecule has 1 saturated carbocycles. The molecule has 2 heterocycles. The Kier molecular flexibility index (Phi) is 4.28. The van der Waals surface area contributed by atoms with Crippen LogP contribution < -0.4 is 10.2 Å². The molecule has 0 bridgehead atoms. The molecule has 1 aliphatic rings. The van der Waals surface area contributed by atoms with Crippen molar-refractivity contribution in [2.24, 2.45) is 0 Å². The van der Waals surface area contributed by atoms with Crippen LogP contribution in [0.3, 0.4) is 0 Å². The molecule has 1 fully saturated rings. The Morgan fingerprint density at radius 1 is 1.31 bits per heavy atom. The molecule has 0 unspecified atom stereocenters. The minimum atomic E-state index is -0.0841. The normalized spacial score (nSPS) is 13.8. The summed E-state index contributed by atoms with van der Waals surface area (Å²) >= 11 is 0. The van der Waals surface area contributed by atoms with Gasteiger partial charge in [-0.3, -0.25) is 9.20 Å². The van der Waals surface area contributed by atoms with Crippen LogP contribution in [-0.4, -0.2) is 39.1 Å². The van der Waals surface area contributed by atoms with E-state index >= 15 is 0 Å². The number of rotatable bonds is 6. The average Bonchev–Trinajstić information content (AvgIpc) is 3.40. The van der Waals surface area contributed by atoms with Crippen molar-refractivity contribution in [2.45, 2.75) is 32.1 Å². The first-order valence-corrected chi connectivity index (χ1v) is 8.96. The molecule has 1 amide bonds. The highest BCUT2D eigenvalue weighted by molar-refractivity contribution is 5.95. The van der Waals surface area contributed by atoms with E-state index in [-0.39, 0.29) is 12.5 Å². The van der Waals surface area contributed by atoms with Crippen LogP contribution in [0.5, 0.6) is 0 Å². The first-order valence-electron chi connectivity index (χ1n) is 8.96. The Balaban J connectivity index is 1.52. The lowest BCUT2D eigenvalue weighted by molar-refractivity contribution is -0.114. The van der Waals surface area contributed by atoms with Crippen LogP contribution in [0.25, 0.3) is 5.65 Å². The van der Waals surface area contributed by atoms with Crippen molar-refractivity contribution >= 4 is 23.1 Å². The van der Waals surface area contributed by atoms with E-state index in [1.807, 2.05) is 46.8 Å². The number of benzene rings is 1. The highest BCUT2D eigenvalue weighted by Gasteiger charge is 2.29. The predicted molar refractivity (Wildman–Crippen MR) is 100 cm³/mol. The number of aryl methyl sites for hydroxylation is 1. The zero-order valence-corrected chi connectivity index (χ0v) is 15.0. The number of anilines is 2. The fraction of sp³-hybridized carbons (Fsp3) is 0.368. The van der Waals surface area contributed by atoms with Crippen LogP contribution in [-0.2, 0) is 11.2 Å². The van der Waals surface area contributed by atoms with Gasteiger partial charge in [-0.25, -0.2) is 4.98 Å². The fourth-order valence-electron chi connectivity index (χ4n) is 3.15. The number of hydrogen-bond donors (Lipinski definition) is 1. The van der Waals surface area contributed by atoms with E-state index in [0.717, 1.165) is 36.3 Å². The second-order valence-corrected chi connectivity index (χ2v) is 6.69. The monoisotopic (exact) mass is 350 g/mol. The molecule has 1 N–H and O–H groups in total. The van der Waals surface area contributed by atoms with Gasteiger partial charge in [-0.1, -0.05) is 25.1 Å². The Hall–Kier alpha value is -2.96. The zero-order valence-electron chi connectivity index (χ0n) is 15.0. The Labute approximate surface area is 152 Å². The summed E-state index contributed by atoms with van der Waals surface area (Å²) < 4.78 is 1.99. The maximum absolute atomic E-state index is 12.5. The Morgan fingerprint density at radius 3 is 2.88 bits per heavy atom. The minimum absolute atomic E-state index is 0.0841. The summed E-state index contributed by atoms with van der Waals surface area (Å²) in [6.45, 7) is 2.26. The van der Waals surface area contributed by atoms with E-state index < -0.39 is 0 Å². The van der Waals surface area contributed by atoms with Crippen LogP contribution in [0.15, 0.2) is 36.7 Å². The first-order chi connectivity index (χ1) is 12.7. The van der Waals surface area contributed by atoms with Crippen LogP contribution >= 0.6 is 0 Å². The number of carbonyl (C=O) groups excluding carboxylic acids is 1. The molecule has 134 valence electrons. The summed E-state index contributed by atoms with van der Waals surface area (Å²) in [4.78, 5) is 18.7. The molecule has 4 rings (SSSR count). The summed E-state index contributed by atoms with van der Waals surface area (Å²) in [6, 6.07) is 7.86. The van der Waals surface area contributed by atoms with Crippen molar-refractivity contribution in [1.29, 1.82) is 0 Å². The second kappa shape index (κ2) is 6.74. The third kappa shape index (κ3) is 3.12. The van der Waals surface area contributed by atoms with E-state index in [2.05, 4.69) is 27.4 Å². The van der Waals surface area contributed by atoms with Crippen LogP contribution in [0, 0.1) is 0 Å². The highest BCUT2D eigenvalue weighted by Crippen LogP contribution is 2.39. The van der Waals surface area contributed by atoms with Gasteiger partial charge in [0.05, 0.1) is 6.54 Å². The predicted octanol–water partition coefficient (Wildman–Crippen LogP) is 2.64. The number of likely N-dealkylation sites (N-methyl/N-ethyl adjacent to an activating group) is 1. The fourth-order valence-corrected chi connectivity index (χ4v) is 3.15. The number of aromatic nitrogens is 4. The zero-order chi connectivity index (χ0) is 18.1. The van der Waals surface area contributed by atoms with E-state index in [1.165, 1.54) is 0 Å². The van der Waals surface area contributed by atoms with E-state index in [4.69, 9.17) is 0 Å². The first kappa shape index (κ1) is 16.5. The number of nitrogens with zero attached hydrogens (tertiary/aromatic N) is 5. The standard InChI is InChI=1S/C19H22N6O/c1-3-13-6-4-5-7-15(13)21-16(26)12-24(2)18-19-23-22-17(14-8-9-14)25(19)11-10-20-18/h4-7,10-11,14H,3,8-9,12H2,1-2H3,(H,21,26). The molecule has 26 heavy (non-hydrogen) atoms. The van der Waals surface area contributed by atoms with Gasteiger partial charge in [-0.05, 0) is 30.9 Å². The molecule has 0 radical (unpaired) electrons. The summed E-state index contributed by atoms with van der Waals surface area (Å²) in [7, 11) is 1.85. The quantitative estimate of drug-likeness (QED) is 0.740. The number of carbonyl (C=O) groups is 1. The summed E-state index contributed by atoms with van der Waals surface area (Å²) in [6.07, 6.45) is 6.81. The van der Waals surface area contributed by atoms with Gasteiger partial charge in [0, 0.05) is 31.0 Å². The summed E-state index contributed by atoms with van der Waals surface area (Å²) in [5, 5.41) is 11.6. The van der Waals surface area contributed by atoms with Gasteiger partial charge >= 0.3 is 0 Å². The van der Waals surface area contributed by atoms with Crippen molar-refractivity contribution in [3.8, 4) is 0 Å². The molecule has 2 aromatic heterocycles. The number of hydrogen-bond acceptors (Lipinski definition) is 5. The minimum Gasteiger partial charge on any atom is -0.347 e. The van der Waals surface area contributed by atoms with E-state index in [9.17, 15) is 4.79 Å². The number of para-hydroxylation sites is 1. The Morgan fingerprint density at radius 2 is 2.12 bits per heavy atom. The van der Waals surface area contributed by atoms with Crippen LogP contribution in [0.2, 0.25) is 0 Å². The average molecular weight is 350 g/mol. The molecule has 0 atom stereocenters. The number of nitrogens with one attached hydrogen (secondary N) is 1. The lowest BCUT2D eigenvalue weighted by Gasteiger charge is -2.18. The largest absolute Gasteiger partial charge is 0.347 e. The SMILES string of the molecule is CCc1ccccc1NC(=O)CN(C)c1nccn2c(C3CC3)nnc12. The van der Waals surface area contributed by atoms with E-state index in [0.29, 0.717) is 17.4 Å². The van der Waals surface area contributed by atoms with Crippen molar-refractivity contribution in [1.82, 2.24) is 19.6 Å². The number of amides is 1. The van der Waals surface area contributed by atoms with Crippen molar-refractivity contribution in [2.75, 3.05) is 23.8 Å². The molecule has 0 saturated heterocycles. The van der Waals surface area contributed by atoms with Gasteiger partial charge in [-0.15, -0.1) is 10.2 Å². The third-order valence-corrected chi connectivity index (χ3v) is 4.69. The van der Waals surface area contributed by atoms with Crippen molar-refractivity contribution in [3.63, 3.8) is 0 Å². The molecule has 7 heteroatoms. The van der Waals surface area contributed by atoms with Gasteiger partial charge in [0.25, 0.3) is 0 Å². The molecular weight excluding hydrogens is 328 g/mol. The topological polar surface area (TPSA) is 75.4 Å². The maximum atomic E-state index is 12.5. The third-order valence-electron chi connectivity index (χ3n) is 4.69. The van der Waals surface area contributed by atoms with Crippen molar-refractivity contribution in [3.05, 3.63) is 48.0 Å². The summed E-state index contributed by atoms with van der Waals surface area (Å²) in [5.41, 5.74) is 2.67. The highest BCUT2D eigenvalue weighted by atomic mass is 16.2. The van der Waals surface area contributed by atoms with Gasteiger partial charge in [0.15, 0.2) is 5.82 Å². The molecule has 0 spiro atoms. The Bertz CT molecular complexity index is 946. The van der Waals surface area contributed by atoms with Gasteiger partial charge in [-0.2, -0.15) is 0 Å². The molecular formula is C19H22N6O. The summed E-state index contributed by atoms with van der Waals surface area (Å²) in [5.74, 6) is 2.06. The second-order valence-electron chi connectivity index (χ2n) is 6.69. The smallest absolute Gasteiger partial charge is 0.243 e. The van der Waals surface area contributed by atoms with Crippen molar-refractivity contribution < 1.29 is 4.79 Å². The number of fused-ring (bicyclic) bond motifs is 1. The van der Waals surface area contributed by atoms with Gasteiger partial charge < -0.3 is 10.2 Å². The van der Waals surface area contributed by atoms with E-state index in [1.54, 1.807) is 6.20 Å². The molecule has 0 aliphatic heterocycles. The molecule has 7 nitrogen and oxygen atoms in total. The lowest BCUT2D eigenvalue weighted by atomic mass is 10.1. The molecule has 3 aromatic rings.